The summed E-state index contributed by atoms with van der Waals surface area (Å²) in [4.78, 5) is 12.6. The molecule has 3 heteroatoms. The Kier molecular flexibility index (Phi) is 3.72. The summed E-state index contributed by atoms with van der Waals surface area (Å²) in [6.07, 6.45) is 4.31. The Morgan fingerprint density at radius 3 is 2.38 bits per heavy atom. The molecule has 5 unspecified atom stereocenters. The molecule has 0 saturated heterocycles. The fourth-order valence-corrected chi connectivity index (χ4v) is 7.99. The van der Waals surface area contributed by atoms with E-state index in [1.165, 1.54) is 17.5 Å². The Morgan fingerprint density at radius 2 is 1.69 bits per heavy atom. The van der Waals surface area contributed by atoms with Crippen LogP contribution in [0.25, 0.3) is 0 Å². The van der Waals surface area contributed by atoms with Crippen LogP contribution in [-0.2, 0) is 16.0 Å². The van der Waals surface area contributed by atoms with Gasteiger partial charge in [0.15, 0.2) is 0 Å². The zero-order valence-electron chi connectivity index (χ0n) is 14.9. The second-order valence-corrected chi connectivity index (χ2v) is 9.75. The number of rotatable bonds is 5. The van der Waals surface area contributed by atoms with Gasteiger partial charge in [0.25, 0.3) is 0 Å². The highest BCUT2D eigenvalue weighted by molar-refractivity contribution is 7.99. The van der Waals surface area contributed by atoms with Crippen molar-refractivity contribution in [2.24, 2.45) is 23.0 Å². The summed E-state index contributed by atoms with van der Waals surface area (Å²) in [5.41, 5.74) is 8.71. The van der Waals surface area contributed by atoms with E-state index in [2.05, 4.69) is 72.4 Å². The van der Waals surface area contributed by atoms with Crippen molar-refractivity contribution in [3.05, 3.63) is 71.8 Å². The van der Waals surface area contributed by atoms with E-state index in [4.69, 9.17) is 5.73 Å². The molecule has 2 aromatic carbocycles. The van der Waals surface area contributed by atoms with Crippen LogP contribution in [0.2, 0.25) is 0 Å². The van der Waals surface area contributed by atoms with E-state index in [1.54, 1.807) is 0 Å². The van der Waals surface area contributed by atoms with Crippen LogP contribution in [0, 0.1) is 17.3 Å². The zero-order chi connectivity index (χ0) is 17.8. The summed E-state index contributed by atoms with van der Waals surface area (Å²) in [5, 5.41) is 0.571. The molecular weight excluding hydrogens is 338 g/mol. The monoisotopic (exact) mass is 363 g/mol. The van der Waals surface area contributed by atoms with Crippen LogP contribution in [0.3, 0.4) is 0 Å². The van der Waals surface area contributed by atoms with Crippen LogP contribution in [0.5, 0.6) is 0 Å². The molecule has 6 rings (SSSR count). The van der Waals surface area contributed by atoms with Gasteiger partial charge in [-0.25, -0.2) is 0 Å². The summed E-state index contributed by atoms with van der Waals surface area (Å²) in [6, 6.07) is 21.6. The SMILES string of the molecule is NC(=O)C12CC3CC(c4ccccc4)(CC1C3SCc1ccccc1)C2. The Bertz CT molecular complexity index is 823. The molecule has 0 heterocycles. The number of carbonyl (C=O) groups excluding carboxylic acids is 1. The number of hydrogen-bond donors (Lipinski definition) is 1. The van der Waals surface area contributed by atoms with Gasteiger partial charge in [-0.15, -0.1) is 0 Å². The smallest absolute Gasteiger partial charge is 0.224 e. The molecule has 26 heavy (non-hydrogen) atoms. The molecule has 1 amide bonds. The molecule has 4 fully saturated rings. The minimum absolute atomic E-state index is 0.0483. The molecule has 4 aliphatic carbocycles. The first-order valence-corrected chi connectivity index (χ1v) is 10.7. The van der Waals surface area contributed by atoms with Crippen molar-refractivity contribution in [3.63, 3.8) is 0 Å². The third-order valence-corrected chi connectivity index (χ3v) is 8.88. The minimum atomic E-state index is -0.271. The molecular formula is C23H25NOS. The second kappa shape index (κ2) is 5.88. The molecule has 0 aromatic heterocycles. The number of thioether (sulfide) groups is 1. The first kappa shape index (κ1) is 16.4. The maximum atomic E-state index is 12.6. The summed E-state index contributed by atoms with van der Waals surface area (Å²) >= 11 is 2.06. The zero-order valence-corrected chi connectivity index (χ0v) is 15.8. The molecule has 0 radical (unpaired) electrons. The van der Waals surface area contributed by atoms with Gasteiger partial charge in [-0.1, -0.05) is 60.7 Å². The van der Waals surface area contributed by atoms with Gasteiger partial charge in [0.2, 0.25) is 5.91 Å². The summed E-state index contributed by atoms with van der Waals surface area (Å²) < 4.78 is 0. The van der Waals surface area contributed by atoms with Crippen molar-refractivity contribution < 1.29 is 4.79 Å². The summed E-state index contributed by atoms with van der Waals surface area (Å²) in [6.45, 7) is 0. The predicted octanol–water partition coefficient (Wildman–Crippen LogP) is 4.53. The quantitative estimate of drug-likeness (QED) is 0.848. The van der Waals surface area contributed by atoms with E-state index < -0.39 is 0 Å². The second-order valence-electron chi connectivity index (χ2n) is 8.58. The standard InChI is InChI=1S/C23H25NOS/c24-21(25)23-12-17-11-22(15-23,18-9-5-2-6-10-18)13-19(23)20(17)26-14-16-7-3-1-4-8-16/h1-10,17,19-20H,11-15H2,(H2,24,25). The van der Waals surface area contributed by atoms with E-state index in [9.17, 15) is 4.79 Å². The molecule has 134 valence electrons. The highest BCUT2D eigenvalue weighted by atomic mass is 32.2. The number of benzene rings is 2. The molecule has 4 aliphatic rings. The van der Waals surface area contributed by atoms with Crippen LogP contribution in [0.4, 0.5) is 0 Å². The maximum absolute atomic E-state index is 12.6. The highest BCUT2D eigenvalue weighted by Gasteiger charge is 2.70. The van der Waals surface area contributed by atoms with Gasteiger partial charge in [0.05, 0.1) is 5.41 Å². The van der Waals surface area contributed by atoms with Crippen LogP contribution in [-0.4, -0.2) is 11.2 Å². The Labute approximate surface area is 159 Å². The minimum Gasteiger partial charge on any atom is -0.369 e. The van der Waals surface area contributed by atoms with E-state index in [-0.39, 0.29) is 16.7 Å². The normalized spacial score (nSPS) is 37.2. The van der Waals surface area contributed by atoms with Gasteiger partial charge in [0.1, 0.15) is 0 Å². The van der Waals surface area contributed by atoms with Crippen molar-refractivity contribution in [2.45, 2.75) is 42.1 Å². The van der Waals surface area contributed by atoms with Crippen molar-refractivity contribution in [1.82, 2.24) is 0 Å². The van der Waals surface area contributed by atoms with Crippen molar-refractivity contribution in [2.75, 3.05) is 0 Å². The van der Waals surface area contributed by atoms with E-state index in [0.29, 0.717) is 17.1 Å². The van der Waals surface area contributed by atoms with Crippen LogP contribution in [0.1, 0.15) is 36.8 Å². The summed E-state index contributed by atoms with van der Waals surface area (Å²) in [7, 11) is 0. The third-order valence-electron chi connectivity index (χ3n) is 7.28. The van der Waals surface area contributed by atoms with E-state index in [0.717, 1.165) is 25.0 Å². The van der Waals surface area contributed by atoms with E-state index >= 15 is 0 Å². The van der Waals surface area contributed by atoms with Gasteiger partial charge in [-0.3, -0.25) is 4.79 Å². The molecule has 0 spiro atoms. The van der Waals surface area contributed by atoms with Gasteiger partial charge in [0, 0.05) is 11.0 Å². The first-order chi connectivity index (χ1) is 12.6. The van der Waals surface area contributed by atoms with Gasteiger partial charge < -0.3 is 5.73 Å². The third kappa shape index (κ3) is 2.29. The average molecular weight is 364 g/mol. The van der Waals surface area contributed by atoms with Crippen LogP contribution < -0.4 is 5.73 Å². The van der Waals surface area contributed by atoms with Gasteiger partial charge in [-0.05, 0) is 54.1 Å². The molecule has 2 nitrogen and oxygen atoms in total. The number of amides is 1. The van der Waals surface area contributed by atoms with Gasteiger partial charge in [-0.2, -0.15) is 11.8 Å². The van der Waals surface area contributed by atoms with Gasteiger partial charge >= 0.3 is 0 Å². The molecule has 5 atom stereocenters. The predicted molar refractivity (Wildman–Crippen MR) is 107 cm³/mol. The maximum Gasteiger partial charge on any atom is 0.224 e. The topological polar surface area (TPSA) is 43.1 Å². The van der Waals surface area contributed by atoms with Crippen molar-refractivity contribution >= 4 is 17.7 Å². The van der Waals surface area contributed by atoms with E-state index in [1.807, 2.05) is 0 Å². The largest absolute Gasteiger partial charge is 0.369 e. The van der Waals surface area contributed by atoms with Crippen LogP contribution >= 0.6 is 11.8 Å². The Morgan fingerprint density at radius 1 is 1.00 bits per heavy atom. The molecule has 2 N–H and O–H groups in total. The molecule has 4 saturated carbocycles. The molecule has 2 aromatic rings. The fraction of sp³-hybridized carbons (Fsp3) is 0.435. The van der Waals surface area contributed by atoms with Crippen molar-refractivity contribution in [3.8, 4) is 0 Å². The fourth-order valence-electron chi connectivity index (χ4n) is 6.35. The lowest BCUT2D eigenvalue weighted by atomic mass is 9.63. The lowest BCUT2D eigenvalue weighted by Crippen LogP contribution is -2.41. The van der Waals surface area contributed by atoms with Crippen LogP contribution in [0.15, 0.2) is 60.7 Å². The Balaban J connectivity index is 1.44. The summed E-state index contributed by atoms with van der Waals surface area (Å²) in [5.74, 6) is 2.04. The lowest BCUT2D eigenvalue weighted by molar-refractivity contribution is -0.129. The lowest BCUT2D eigenvalue weighted by Gasteiger charge is -2.42. The average Bonchev–Trinajstić information content (AvgIpc) is 3.05. The highest BCUT2D eigenvalue weighted by Crippen LogP contribution is 2.72. The molecule has 0 aliphatic heterocycles. The Hall–Kier alpha value is -1.74. The molecule has 4 bridgehead atoms. The first-order valence-electron chi connectivity index (χ1n) is 9.64. The number of primary amides is 1. The van der Waals surface area contributed by atoms with Crippen molar-refractivity contribution in [1.29, 1.82) is 0 Å². The number of hydrogen-bond acceptors (Lipinski definition) is 2. The number of nitrogens with two attached hydrogens (primary N) is 1. The number of carbonyl (C=O) groups is 1.